The van der Waals surface area contributed by atoms with Crippen molar-refractivity contribution in [1.82, 2.24) is 0 Å². The number of hydrogen-bond donors (Lipinski definition) is 2. The maximum absolute atomic E-state index is 9.91. The first-order valence-corrected chi connectivity index (χ1v) is 3.26. The Bertz CT molecular complexity index is 154. The van der Waals surface area contributed by atoms with Gasteiger partial charge in [-0.15, -0.1) is 0 Å². The lowest BCUT2D eigenvalue weighted by atomic mass is 10.8. The monoisotopic (exact) mass is 124 g/mol. The summed E-state index contributed by atoms with van der Waals surface area (Å²) in [6, 6.07) is 0. The average molecular weight is 124 g/mol. The highest BCUT2D eigenvalue weighted by Crippen LogP contribution is 2.26. The normalized spacial score (nSPS) is 46.0. The van der Waals surface area contributed by atoms with Crippen LogP contribution in [0.3, 0.4) is 0 Å². The summed E-state index contributed by atoms with van der Waals surface area (Å²) in [4.78, 5) is 0. The van der Waals surface area contributed by atoms with Crippen LogP contribution in [0.1, 0.15) is 0 Å². The third kappa shape index (κ3) is 0.457. The van der Waals surface area contributed by atoms with Crippen molar-refractivity contribution >= 4 is 9.84 Å². The molecule has 1 heterocycles. The molecule has 7 heavy (non-hydrogen) atoms. The highest BCUT2D eigenvalue weighted by Gasteiger charge is 2.55. The van der Waals surface area contributed by atoms with E-state index in [1.165, 1.54) is 0 Å². The standard InChI is InChI=1S/C2H4O4S/c3-1-2(4)7(1,5)6/h1-4H. The lowest BCUT2D eigenvalue weighted by Crippen LogP contribution is -1.85. The fraction of sp³-hybridized carbons (Fsp3) is 1.00. The molecule has 5 heteroatoms. The molecule has 1 aliphatic heterocycles. The number of aliphatic hydroxyl groups excluding tert-OH is 2. The molecule has 2 atom stereocenters. The highest BCUT2D eigenvalue weighted by molar-refractivity contribution is 7.99. The molecule has 2 N–H and O–H groups in total. The van der Waals surface area contributed by atoms with Gasteiger partial charge in [0.05, 0.1) is 0 Å². The van der Waals surface area contributed by atoms with Gasteiger partial charge in [0.1, 0.15) is 0 Å². The predicted octanol–water partition coefficient (Wildman–Crippen LogP) is -1.95. The molecule has 0 spiro atoms. The molecule has 1 aliphatic rings. The quantitative estimate of drug-likeness (QED) is 0.368. The van der Waals surface area contributed by atoms with Crippen LogP contribution in [0.4, 0.5) is 0 Å². The Morgan fingerprint density at radius 2 is 1.29 bits per heavy atom. The summed E-state index contributed by atoms with van der Waals surface area (Å²) < 4.78 is 19.8. The fourth-order valence-electron chi connectivity index (χ4n) is 0.242. The summed E-state index contributed by atoms with van der Waals surface area (Å²) in [5.74, 6) is 0. The van der Waals surface area contributed by atoms with Crippen LogP contribution in [-0.4, -0.2) is 29.5 Å². The van der Waals surface area contributed by atoms with Crippen molar-refractivity contribution in [2.75, 3.05) is 0 Å². The van der Waals surface area contributed by atoms with E-state index in [0.717, 1.165) is 0 Å². The van der Waals surface area contributed by atoms with E-state index in [4.69, 9.17) is 10.2 Å². The van der Waals surface area contributed by atoms with Gasteiger partial charge in [-0.25, -0.2) is 8.42 Å². The topological polar surface area (TPSA) is 74.6 Å². The summed E-state index contributed by atoms with van der Waals surface area (Å²) in [5, 5.41) is 16.2. The summed E-state index contributed by atoms with van der Waals surface area (Å²) >= 11 is 0. The first kappa shape index (κ1) is 5.02. The number of sulfone groups is 1. The molecule has 0 saturated carbocycles. The maximum Gasteiger partial charge on any atom is 0.210 e. The molecular formula is C2H4O4S. The summed E-state index contributed by atoms with van der Waals surface area (Å²) in [5.41, 5.74) is -3.01. The first-order valence-electron chi connectivity index (χ1n) is 1.65. The van der Waals surface area contributed by atoms with Crippen LogP contribution in [-0.2, 0) is 9.84 Å². The van der Waals surface area contributed by atoms with E-state index >= 15 is 0 Å². The Kier molecular flexibility index (Phi) is 0.708. The van der Waals surface area contributed by atoms with Crippen LogP contribution < -0.4 is 0 Å². The van der Waals surface area contributed by atoms with Gasteiger partial charge in [-0.3, -0.25) is 0 Å². The second kappa shape index (κ2) is 0.988. The van der Waals surface area contributed by atoms with Gasteiger partial charge < -0.3 is 10.2 Å². The number of hydrogen-bond acceptors (Lipinski definition) is 4. The molecule has 0 bridgehead atoms. The molecular weight excluding hydrogens is 120 g/mol. The summed E-state index contributed by atoms with van der Waals surface area (Å²) in [6.45, 7) is 0. The Hall–Kier alpha value is -0.130. The van der Waals surface area contributed by atoms with Crippen LogP contribution >= 0.6 is 0 Å². The summed E-state index contributed by atoms with van der Waals surface area (Å²) in [7, 11) is -3.46. The average Bonchev–Trinajstić information content (AvgIpc) is 1.91. The third-order valence-corrected chi connectivity index (χ3v) is 2.39. The van der Waals surface area contributed by atoms with E-state index in [0.29, 0.717) is 0 Å². The van der Waals surface area contributed by atoms with Gasteiger partial charge in [0.25, 0.3) is 0 Å². The molecule has 0 amide bonds. The molecule has 0 aromatic carbocycles. The van der Waals surface area contributed by atoms with Crippen LogP contribution in [0.25, 0.3) is 0 Å². The zero-order valence-corrected chi connectivity index (χ0v) is 4.09. The first-order chi connectivity index (χ1) is 3.07. The lowest BCUT2D eigenvalue weighted by Gasteiger charge is -1.61. The molecule has 1 saturated heterocycles. The second-order valence-electron chi connectivity index (χ2n) is 1.37. The van der Waals surface area contributed by atoms with Crippen LogP contribution in [0.5, 0.6) is 0 Å². The van der Waals surface area contributed by atoms with Crippen molar-refractivity contribution in [3.63, 3.8) is 0 Å². The predicted molar refractivity (Wildman–Crippen MR) is 20.9 cm³/mol. The number of aliphatic hydroxyl groups is 2. The third-order valence-electron chi connectivity index (χ3n) is 0.841. The van der Waals surface area contributed by atoms with Crippen molar-refractivity contribution in [2.45, 2.75) is 10.9 Å². The van der Waals surface area contributed by atoms with Gasteiger partial charge in [-0.1, -0.05) is 0 Å². The van der Waals surface area contributed by atoms with Crippen molar-refractivity contribution in [1.29, 1.82) is 0 Å². The second-order valence-corrected chi connectivity index (χ2v) is 3.51. The molecule has 1 fully saturated rings. The SMILES string of the molecule is O=S1(=O)C(O)C1O. The fourth-order valence-corrected chi connectivity index (χ4v) is 0.999. The van der Waals surface area contributed by atoms with Crippen molar-refractivity contribution in [2.24, 2.45) is 0 Å². The van der Waals surface area contributed by atoms with Gasteiger partial charge in [-0.2, -0.15) is 0 Å². The van der Waals surface area contributed by atoms with Crippen molar-refractivity contribution in [3.8, 4) is 0 Å². The Labute approximate surface area is 40.3 Å². The lowest BCUT2D eigenvalue weighted by molar-refractivity contribution is 0.180. The minimum Gasteiger partial charge on any atom is -0.374 e. The van der Waals surface area contributed by atoms with E-state index in [-0.39, 0.29) is 0 Å². The molecule has 4 nitrogen and oxygen atoms in total. The highest BCUT2D eigenvalue weighted by atomic mass is 32.2. The van der Waals surface area contributed by atoms with Gasteiger partial charge in [0.15, 0.2) is 10.9 Å². The molecule has 42 valence electrons. The molecule has 0 aromatic rings. The number of rotatable bonds is 0. The molecule has 0 aliphatic carbocycles. The molecule has 1 rings (SSSR count). The molecule has 2 unspecified atom stereocenters. The van der Waals surface area contributed by atoms with Crippen LogP contribution in [0.15, 0.2) is 0 Å². The Morgan fingerprint density at radius 1 is 1.14 bits per heavy atom. The zero-order valence-electron chi connectivity index (χ0n) is 3.27. The molecule has 0 aromatic heterocycles. The van der Waals surface area contributed by atoms with E-state index in [9.17, 15) is 8.42 Å². The van der Waals surface area contributed by atoms with Gasteiger partial charge >= 0.3 is 0 Å². The Morgan fingerprint density at radius 3 is 1.29 bits per heavy atom. The van der Waals surface area contributed by atoms with E-state index in [1.54, 1.807) is 0 Å². The zero-order chi connectivity index (χ0) is 5.65. The van der Waals surface area contributed by atoms with Crippen LogP contribution in [0.2, 0.25) is 0 Å². The smallest absolute Gasteiger partial charge is 0.210 e. The van der Waals surface area contributed by atoms with Crippen LogP contribution in [0, 0.1) is 0 Å². The van der Waals surface area contributed by atoms with Crippen molar-refractivity contribution in [3.05, 3.63) is 0 Å². The van der Waals surface area contributed by atoms with E-state index < -0.39 is 20.7 Å². The van der Waals surface area contributed by atoms with Gasteiger partial charge in [0.2, 0.25) is 9.84 Å². The molecule has 0 radical (unpaired) electrons. The largest absolute Gasteiger partial charge is 0.374 e. The van der Waals surface area contributed by atoms with E-state index in [2.05, 4.69) is 0 Å². The summed E-state index contributed by atoms with van der Waals surface area (Å²) in [6.07, 6.45) is 0. The van der Waals surface area contributed by atoms with Crippen molar-refractivity contribution < 1.29 is 18.6 Å². The minimum atomic E-state index is -3.46. The van der Waals surface area contributed by atoms with Gasteiger partial charge in [-0.05, 0) is 0 Å². The minimum absolute atomic E-state index is 1.51. The van der Waals surface area contributed by atoms with E-state index in [1.807, 2.05) is 0 Å². The Balaban J connectivity index is 2.92. The maximum atomic E-state index is 9.91. The van der Waals surface area contributed by atoms with Gasteiger partial charge in [0, 0.05) is 0 Å².